The van der Waals surface area contributed by atoms with Crippen molar-refractivity contribution in [3.63, 3.8) is 0 Å². The van der Waals surface area contributed by atoms with Crippen molar-refractivity contribution in [3.8, 4) is 56.4 Å². The number of hydrogen-bond donors (Lipinski definition) is 0. The van der Waals surface area contributed by atoms with Gasteiger partial charge in [0.1, 0.15) is 0 Å². The summed E-state index contributed by atoms with van der Waals surface area (Å²) >= 11 is 0. The van der Waals surface area contributed by atoms with Gasteiger partial charge in [0.2, 0.25) is 0 Å². The fraction of sp³-hybridized carbons (Fsp3) is 0. The third-order valence-corrected chi connectivity index (χ3v) is 7.77. The van der Waals surface area contributed by atoms with Crippen molar-refractivity contribution in [2.75, 3.05) is 4.81 Å². The van der Waals surface area contributed by atoms with Gasteiger partial charge in [-0.05, 0) is 64.8 Å². The SMILES string of the molecule is C1=CB2c3c(-c4ccccc4)cccc3-c3ccc(-c4nc(-c5ccncc5)nc(-c5ccncc5)n4)cc3N2C=C1. The fourth-order valence-electron chi connectivity index (χ4n) is 5.83. The predicted octanol–water partition coefficient (Wildman–Crippen LogP) is 6.64. The van der Waals surface area contributed by atoms with Crippen LogP contribution in [0.15, 0.2) is 140 Å². The molecule has 5 heterocycles. The zero-order valence-electron chi connectivity index (χ0n) is 22.5. The van der Waals surface area contributed by atoms with Gasteiger partial charge in [-0.25, -0.2) is 15.0 Å². The van der Waals surface area contributed by atoms with Crippen molar-refractivity contribution in [2.45, 2.75) is 0 Å². The smallest absolute Gasteiger partial charge is 0.321 e. The largest absolute Gasteiger partial charge is 0.383 e. The molecular formula is C35H23BN6. The highest BCUT2D eigenvalue weighted by molar-refractivity contribution is 6.85. The number of benzene rings is 3. The van der Waals surface area contributed by atoms with Crippen molar-refractivity contribution in [1.29, 1.82) is 0 Å². The van der Waals surface area contributed by atoms with Gasteiger partial charge in [0.15, 0.2) is 17.5 Å². The van der Waals surface area contributed by atoms with E-state index < -0.39 is 0 Å². The standard InChI is InChI=1S/C35H23BN6/c1-2-7-24(8-3-1)28-9-6-10-30-29-12-11-27(23-31(29)42-22-5-4-17-36(42)32(28)30)35-40-33(25-13-18-37-19-14-25)39-34(41-35)26-15-20-38-21-16-26/h1-23H. The lowest BCUT2D eigenvalue weighted by Gasteiger charge is -2.37. The third-order valence-electron chi connectivity index (χ3n) is 7.77. The summed E-state index contributed by atoms with van der Waals surface area (Å²) < 4.78 is 0. The first kappa shape index (κ1) is 24.1. The number of pyridine rings is 2. The monoisotopic (exact) mass is 538 g/mol. The molecule has 2 aliphatic rings. The molecule has 0 radical (unpaired) electrons. The Balaban J connectivity index is 1.31. The molecule has 3 aromatic heterocycles. The van der Waals surface area contributed by atoms with Crippen LogP contribution in [0.25, 0.3) is 56.4 Å². The highest BCUT2D eigenvalue weighted by Gasteiger charge is 2.35. The van der Waals surface area contributed by atoms with Crippen LogP contribution in [-0.4, -0.2) is 31.8 Å². The molecule has 6 nitrogen and oxygen atoms in total. The second-order valence-corrected chi connectivity index (χ2v) is 10.2. The molecule has 8 rings (SSSR count). The van der Waals surface area contributed by atoms with Crippen LogP contribution in [0.3, 0.4) is 0 Å². The Hall–Kier alpha value is -5.69. The summed E-state index contributed by atoms with van der Waals surface area (Å²) in [6, 6.07) is 31.4. The minimum atomic E-state index is 0.0715. The first-order chi connectivity index (χ1) is 20.8. The number of fused-ring (bicyclic) bond motifs is 6. The van der Waals surface area contributed by atoms with Gasteiger partial charge in [0, 0.05) is 52.7 Å². The van der Waals surface area contributed by atoms with E-state index in [-0.39, 0.29) is 6.85 Å². The summed E-state index contributed by atoms with van der Waals surface area (Å²) in [6.45, 7) is 0.0715. The van der Waals surface area contributed by atoms with Crippen LogP contribution in [0.4, 0.5) is 5.69 Å². The summed E-state index contributed by atoms with van der Waals surface area (Å²) in [7, 11) is 0. The quantitative estimate of drug-likeness (QED) is 0.235. The van der Waals surface area contributed by atoms with E-state index in [0.29, 0.717) is 17.5 Å². The van der Waals surface area contributed by atoms with Gasteiger partial charge < -0.3 is 4.81 Å². The summed E-state index contributed by atoms with van der Waals surface area (Å²) in [5.74, 6) is 4.09. The molecule has 0 aliphatic carbocycles. The van der Waals surface area contributed by atoms with E-state index in [1.54, 1.807) is 24.8 Å². The summed E-state index contributed by atoms with van der Waals surface area (Å²) in [5, 5.41) is 0. The molecule has 3 aromatic carbocycles. The van der Waals surface area contributed by atoms with Gasteiger partial charge in [-0.1, -0.05) is 72.7 Å². The Kier molecular flexibility index (Phi) is 5.78. The van der Waals surface area contributed by atoms with Crippen LogP contribution >= 0.6 is 0 Å². The van der Waals surface area contributed by atoms with E-state index in [0.717, 1.165) is 22.4 Å². The van der Waals surface area contributed by atoms with Crippen molar-refractivity contribution in [1.82, 2.24) is 24.9 Å². The lowest BCUT2D eigenvalue weighted by Crippen LogP contribution is -2.49. The molecule has 0 N–H and O–H groups in total. The van der Waals surface area contributed by atoms with Crippen molar-refractivity contribution < 1.29 is 0 Å². The third kappa shape index (κ3) is 4.11. The molecule has 0 unspecified atom stereocenters. The van der Waals surface area contributed by atoms with Crippen LogP contribution in [-0.2, 0) is 0 Å². The number of aromatic nitrogens is 5. The van der Waals surface area contributed by atoms with Crippen molar-refractivity contribution in [3.05, 3.63) is 140 Å². The highest BCUT2D eigenvalue weighted by atomic mass is 15.1. The van der Waals surface area contributed by atoms with E-state index in [1.165, 1.54) is 27.7 Å². The minimum Gasteiger partial charge on any atom is -0.383 e. The highest BCUT2D eigenvalue weighted by Crippen LogP contribution is 2.41. The summed E-state index contributed by atoms with van der Waals surface area (Å²) in [5.41, 5.74) is 10.0. The van der Waals surface area contributed by atoms with Gasteiger partial charge in [-0.3, -0.25) is 9.97 Å². The summed E-state index contributed by atoms with van der Waals surface area (Å²) in [4.78, 5) is 25.4. The number of hydrogen-bond acceptors (Lipinski definition) is 6. The number of nitrogens with zero attached hydrogens (tertiary/aromatic N) is 6. The van der Waals surface area contributed by atoms with Gasteiger partial charge in [-0.2, -0.15) is 0 Å². The van der Waals surface area contributed by atoms with Crippen LogP contribution in [0, 0.1) is 0 Å². The molecule has 6 aromatic rings. The first-order valence-electron chi connectivity index (χ1n) is 13.9. The minimum absolute atomic E-state index is 0.0715. The average Bonchev–Trinajstić information content (AvgIpc) is 3.09. The maximum Gasteiger partial charge on any atom is 0.321 e. The normalized spacial score (nSPS) is 13.0. The topological polar surface area (TPSA) is 67.7 Å². The summed E-state index contributed by atoms with van der Waals surface area (Å²) in [6.07, 6.45) is 13.4. The lowest BCUT2D eigenvalue weighted by molar-refractivity contribution is 1.07. The molecule has 42 heavy (non-hydrogen) atoms. The zero-order chi connectivity index (χ0) is 27.9. The molecule has 0 saturated carbocycles. The maximum atomic E-state index is 4.93. The number of allylic oxidation sites excluding steroid dienone is 2. The van der Waals surface area contributed by atoms with Crippen molar-refractivity contribution in [2.24, 2.45) is 0 Å². The molecule has 0 bridgehead atoms. The molecule has 2 aliphatic heterocycles. The average molecular weight is 538 g/mol. The van der Waals surface area contributed by atoms with E-state index in [2.05, 4.69) is 106 Å². The fourth-order valence-corrected chi connectivity index (χ4v) is 5.83. The van der Waals surface area contributed by atoms with E-state index in [1.807, 2.05) is 24.3 Å². The van der Waals surface area contributed by atoms with Gasteiger partial charge in [0.25, 0.3) is 0 Å². The molecule has 196 valence electrons. The Bertz CT molecular complexity index is 1930. The van der Waals surface area contributed by atoms with E-state index in [9.17, 15) is 0 Å². The molecule has 0 spiro atoms. The molecule has 0 saturated heterocycles. The van der Waals surface area contributed by atoms with Crippen LogP contribution < -0.4 is 10.3 Å². The van der Waals surface area contributed by atoms with Crippen LogP contribution in [0.1, 0.15) is 0 Å². The molecule has 0 fully saturated rings. The maximum absolute atomic E-state index is 4.93. The van der Waals surface area contributed by atoms with E-state index in [4.69, 9.17) is 15.0 Å². The Labute approximate surface area is 243 Å². The molecule has 0 atom stereocenters. The second-order valence-electron chi connectivity index (χ2n) is 10.2. The van der Waals surface area contributed by atoms with Crippen LogP contribution in [0.2, 0.25) is 0 Å². The first-order valence-corrected chi connectivity index (χ1v) is 13.9. The second kappa shape index (κ2) is 10.1. The zero-order valence-corrected chi connectivity index (χ0v) is 22.5. The number of rotatable bonds is 4. The Morgan fingerprint density at radius 2 is 1.14 bits per heavy atom. The lowest BCUT2D eigenvalue weighted by atomic mass is 9.48. The van der Waals surface area contributed by atoms with Gasteiger partial charge >= 0.3 is 6.85 Å². The van der Waals surface area contributed by atoms with Crippen molar-refractivity contribution >= 4 is 18.0 Å². The molecule has 0 amide bonds. The Morgan fingerprint density at radius 1 is 0.500 bits per heavy atom. The van der Waals surface area contributed by atoms with Gasteiger partial charge in [0.05, 0.1) is 0 Å². The molecule has 7 heteroatoms. The van der Waals surface area contributed by atoms with Gasteiger partial charge in [-0.15, -0.1) is 0 Å². The van der Waals surface area contributed by atoms with E-state index >= 15 is 0 Å². The molecular weight excluding hydrogens is 515 g/mol. The Morgan fingerprint density at radius 3 is 1.83 bits per heavy atom. The number of anilines is 1. The predicted molar refractivity (Wildman–Crippen MR) is 169 cm³/mol. The van der Waals surface area contributed by atoms with Crippen LogP contribution in [0.5, 0.6) is 0 Å².